The highest BCUT2D eigenvalue weighted by Crippen LogP contribution is 2.15. The van der Waals surface area contributed by atoms with E-state index in [1.165, 1.54) is 11.1 Å². The second-order valence-electron chi connectivity index (χ2n) is 3.97. The number of thiophene rings is 1. The SMILES string of the molecule is CC(NCCc1ccccc1)c1ccsc1. The molecular formula is C14H17NS. The van der Waals surface area contributed by atoms with Crippen LogP contribution in [-0.2, 0) is 6.42 Å². The van der Waals surface area contributed by atoms with Gasteiger partial charge in [-0.05, 0) is 47.8 Å². The van der Waals surface area contributed by atoms with E-state index < -0.39 is 0 Å². The molecule has 0 aliphatic carbocycles. The van der Waals surface area contributed by atoms with Crippen LogP contribution in [-0.4, -0.2) is 6.54 Å². The second-order valence-corrected chi connectivity index (χ2v) is 4.75. The number of benzene rings is 1. The zero-order valence-corrected chi connectivity index (χ0v) is 10.3. The first-order valence-corrected chi connectivity index (χ1v) is 6.60. The largest absolute Gasteiger partial charge is 0.310 e. The molecule has 2 heteroatoms. The fraction of sp³-hybridized carbons (Fsp3) is 0.286. The third-order valence-electron chi connectivity index (χ3n) is 2.75. The molecule has 1 atom stereocenters. The minimum Gasteiger partial charge on any atom is -0.310 e. The predicted molar refractivity (Wildman–Crippen MR) is 70.9 cm³/mol. The smallest absolute Gasteiger partial charge is 0.0300 e. The molecule has 0 bridgehead atoms. The van der Waals surface area contributed by atoms with Gasteiger partial charge in [-0.25, -0.2) is 0 Å². The summed E-state index contributed by atoms with van der Waals surface area (Å²) in [5.74, 6) is 0. The van der Waals surface area contributed by atoms with Crippen LogP contribution in [0.3, 0.4) is 0 Å². The van der Waals surface area contributed by atoms with Crippen LogP contribution in [0.5, 0.6) is 0 Å². The number of hydrogen-bond acceptors (Lipinski definition) is 2. The van der Waals surface area contributed by atoms with E-state index in [1.54, 1.807) is 11.3 Å². The fourth-order valence-electron chi connectivity index (χ4n) is 1.72. The lowest BCUT2D eigenvalue weighted by Gasteiger charge is -2.12. The van der Waals surface area contributed by atoms with Crippen molar-refractivity contribution in [2.45, 2.75) is 19.4 Å². The van der Waals surface area contributed by atoms with E-state index in [9.17, 15) is 0 Å². The monoisotopic (exact) mass is 231 g/mol. The number of hydrogen-bond donors (Lipinski definition) is 1. The first kappa shape index (κ1) is 11.4. The van der Waals surface area contributed by atoms with Crippen molar-refractivity contribution in [3.05, 3.63) is 58.3 Å². The highest BCUT2D eigenvalue weighted by molar-refractivity contribution is 7.07. The van der Waals surface area contributed by atoms with E-state index >= 15 is 0 Å². The third-order valence-corrected chi connectivity index (χ3v) is 3.45. The Labute approximate surface area is 101 Å². The zero-order valence-electron chi connectivity index (χ0n) is 9.52. The van der Waals surface area contributed by atoms with Gasteiger partial charge in [-0.2, -0.15) is 11.3 Å². The summed E-state index contributed by atoms with van der Waals surface area (Å²) >= 11 is 1.76. The van der Waals surface area contributed by atoms with Gasteiger partial charge in [0.15, 0.2) is 0 Å². The Morgan fingerprint density at radius 2 is 2.00 bits per heavy atom. The molecular weight excluding hydrogens is 214 g/mol. The molecule has 2 rings (SSSR count). The van der Waals surface area contributed by atoms with Crippen molar-refractivity contribution >= 4 is 11.3 Å². The molecule has 0 saturated carbocycles. The molecule has 0 saturated heterocycles. The van der Waals surface area contributed by atoms with Crippen molar-refractivity contribution in [2.75, 3.05) is 6.54 Å². The average Bonchev–Trinajstić information content (AvgIpc) is 2.84. The Hall–Kier alpha value is -1.12. The van der Waals surface area contributed by atoms with Crippen molar-refractivity contribution in [3.63, 3.8) is 0 Å². The maximum absolute atomic E-state index is 3.54. The second kappa shape index (κ2) is 5.83. The quantitative estimate of drug-likeness (QED) is 0.828. The van der Waals surface area contributed by atoms with Crippen molar-refractivity contribution < 1.29 is 0 Å². The summed E-state index contributed by atoms with van der Waals surface area (Å²) < 4.78 is 0. The normalized spacial score (nSPS) is 12.6. The van der Waals surface area contributed by atoms with Crippen LogP contribution in [0.2, 0.25) is 0 Å². The maximum atomic E-state index is 3.54. The average molecular weight is 231 g/mol. The summed E-state index contributed by atoms with van der Waals surface area (Å²) in [5, 5.41) is 7.88. The van der Waals surface area contributed by atoms with Crippen LogP contribution in [0.1, 0.15) is 24.1 Å². The lowest BCUT2D eigenvalue weighted by Crippen LogP contribution is -2.20. The van der Waals surface area contributed by atoms with Gasteiger partial charge in [0, 0.05) is 6.04 Å². The van der Waals surface area contributed by atoms with Crippen molar-refractivity contribution in [2.24, 2.45) is 0 Å². The van der Waals surface area contributed by atoms with Crippen molar-refractivity contribution in [3.8, 4) is 0 Å². The van der Waals surface area contributed by atoms with Crippen molar-refractivity contribution in [1.29, 1.82) is 0 Å². The highest BCUT2D eigenvalue weighted by Gasteiger charge is 2.03. The van der Waals surface area contributed by atoms with Crippen LogP contribution in [0.4, 0.5) is 0 Å². The molecule has 0 spiro atoms. The Morgan fingerprint density at radius 3 is 2.69 bits per heavy atom. The Bertz CT molecular complexity index is 394. The molecule has 0 fully saturated rings. The van der Waals surface area contributed by atoms with E-state index in [1.807, 2.05) is 0 Å². The van der Waals surface area contributed by atoms with Crippen LogP contribution in [0, 0.1) is 0 Å². The molecule has 1 unspecified atom stereocenters. The van der Waals surface area contributed by atoms with Gasteiger partial charge in [0.05, 0.1) is 0 Å². The Balaban J connectivity index is 1.76. The molecule has 16 heavy (non-hydrogen) atoms. The Kier molecular flexibility index (Phi) is 4.14. The minimum atomic E-state index is 0.454. The van der Waals surface area contributed by atoms with Crippen LogP contribution in [0.25, 0.3) is 0 Å². The molecule has 1 aromatic carbocycles. The van der Waals surface area contributed by atoms with E-state index in [-0.39, 0.29) is 0 Å². The third kappa shape index (κ3) is 3.19. The van der Waals surface area contributed by atoms with E-state index in [4.69, 9.17) is 0 Å². The molecule has 0 amide bonds. The molecule has 0 radical (unpaired) electrons. The highest BCUT2D eigenvalue weighted by atomic mass is 32.1. The Morgan fingerprint density at radius 1 is 1.19 bits per heavy atom. The van der Waals surface area contributed by atoms with Crippen LogP contribution >= 0.6 is 11.3 Å². The first-order chi connectivity index (χ1) is 7.86. The molecule has 0 aliphatic heterocycles. The predicted octanol–water partition coefficient (Wildman–Crippen LogP) is 3.64. The summed E-state index contributed by atoms with van der Waals surface area (Å²) in [5.41, 5.74) is 2.78. The molecule has 1 aromatic heterocycles. The van der Waals surface area contributed by atoms with E-state index in [0.717, 1.165) is 13.0 Å². The molecule has 1 nitrogen and oxygen atoms in total. The van der Waals surface area contributed by atoms with Gasteiger partial charge in [-0.15, -0.1) is 0 Å². The van der Waals surface area contributed by atoms with Crippen molar-refractivity contribution in [1.82, 2.24) is 5.32 Å². The minimum absolute atomic E-state index is 0.454. The van der Waals surface area contributed by atoms with E-state index in [2.05, 4.69) is 59.4 Å². The van der Waals surface area contributed by atoms with Crippen LogP contribution in [0.15, 0.2) is 47.2 Å². The van der Waals surface area contributed by atoms with Gasteiger partial charge in [0.2, 0.25) is 0 Å². The van der Waals surface area contributed by atoms with E-state index in [0.29, 0.717) is 6.04 Å². The van der Waals surface area contributed by atoms with Gasteiger partial charge in [0.25, 0.3) is 0 Å². The molecule has 2 aromatic rings. The number of nitrogens with one attached hydrogen (secondary N) is 1. The first-order valence-electron chi connectivity index (χ1n) is 5.65. The summed E-state index contributed by atoms with van der Waals surface area (Å²) in [6.07, 6.45) is 1.09. The number of rotatable bonds is 5. The standard InChI is InChI=1S/C14H17NS/c1-12(14-8-10-16-11-14)15-9-7-13-5-3-2-4-6-13/h2-6,8,10-12,15H,7,9H2,1H3. The molecule has 1 N–H and O–H groups in total. The summed E-state index contributed by atoms with van der Waals surface area (Å²) in [4.78, 5) is 0. The van der Waals surface area contributed by atoms with Gasteiger partial charge in [-0.3, -0.25) is 0 Å². The van der Waals surface area contributed by atoms with Crippen LogP contribution < -0.4 is 5.32 Å². The molecule has 1 heterocycles. The van der Waals surface area contributed by atoms with Gasteiger partial charge < -0.3 is 5.32 Å². The lowest BCUT2D eigenvalue weighted by atomic mass is 10.1. The van der Waals surface area contributed by atoms with Gasteiger partial charge >= 0.3 is 0 Å². The molecule has 84 valence electrons. The van der Waals surface area contributed by atoms with Gasteiger partial charge in [0.1, 0.15) is 0 Å². The summed E-state index contributed by atoms with van der Waals surface area (Å²) in [7, 11) is 0. The van der Waals surface area contributed by atoms with Gasteiger partial charge in [-0.1, -0.05) is 30.3 Å². The summed E-state index contributed by atoms with van der Waals surface area (Å²) in [6.45, 7) is 3.24. The maximum Gasteiger partial charge on any atom is 0.0300 e. The fourth-order valence-corrected chi connectivity index (χ4v) is 2.47. The lowest BCUT2D eigenvalue weighted by molar-refractivity contribution is 0.578. The zero-order chi connectivity index (χ0) is 11.2. The molecule has 0 aliphatic rings. The topological polar surface area (TPSA) is 12.0 Å². The summed E-state index contributed by atoms with van der Waals surface area (Å²) in [6, 6.07) is 13.2.